The lowest BCUT2D eigenvalue weighted by molar-refractivity contribution is 0.0945. The highest BCUT2D eigenvalue weighted by atomic mass is 127. The van der Waals surface area contributed by atoms with Crippen molar-refractivity contribution in [1.82, 2.24) is 0 Å². The van der Waals surface area contributed by atoms with Crippen LogP contribution in [0.2, 0.25) is 0 Å². The van der Waals surface area contributed by atoms with Gasteiger partial charge in [-0.1, -0.05) is 0 Å². The third kappa shape index (κ3) is 3.79. The van der Waals surface area contributed by atoms with E-state index in [1.807, 2.05) is 0 Å². The van der Waals surface area contributed by atoms with Crippen molar-refractivity contribution in [2.24, 2.45) is 0 Å². The largest absolute Gasteiger partial charge is 0.389 e. The molecule has 1 aromatic rings. The lowest BCUT2D eigenvalue weighted by atomic mass is 10.1. The molecular weight excluding hydrogens is 296 g/mol. The van der Waals surface area contributed by atoms with Gasteiger partial charge in [0.15, 0.2) is 0 Å². The van der Waals surface area contributed by atoms with Gasteiger partial charge in [0.25, 0.3) is 0 Å². The standard InChI is InChI=1S/C10H13FINO/c1-10(2,14)6-13-9-4-3-7(11)5-8(9)12/h3-5,13-14H,6H2,1-2H3. The van der Waals surface area contributed by atoms with Gasteiger partial charge >= 0.3 is 0 Å². The Morgan fingerprint density at radius 2 is 2.14 bits per heavy atom. The molecule has 1 rings (SSSR count). The van der Waals surface area contributed by atoms with Crippen LogP contribution in [0.1, 0.15) is 13.8 Å². The maximum Gasteiger partial charge on any atom is 0.124 e. The summed E-state index contributed by atoms with van der Waals surface area (Å²) in [5.41, 5.74) is 0.0754. The van der Waals surface area contributed by atoms with E-state index < -0.39 is 5.60 Å². The van der Waals surface area contributed by atoms with Gasteiger partial charge in [0.05, 0.1) is 5.60 Å². The molecule has 0 unspecified atom stereocenters. The molecule has 1 aromatic carbocycles. The van der Waals surface area contributed by atoms with Crippen LogP contribution >= 0.6 is 22.6 Å². The van der Waals surface area contributed by atoms with Gasteiger partial charge in [-0.2, -0.15) is 0 Å². The lowest BCUT2D eigenvalue weighted by Crippen LogP contribution is -2.29. The summed E-state index contributed by atoms with van der Waals surface area (Å²) in [4.78, 5) is 0. The van der Waals surface area contributed by atoms with Gasteiger partial charge in [0.1, 0.15) is 5.82 Å². The van der Waals surface area contributed by atoms with Crippen LogP contribution < -0.4 is 5.32 Å². The zero-order chi connectivity index (χ0) is 10.8. The minimum atomic E-state index is -0.766. The van der Waals surface area contributed by atoms with Gasteiger partial charge in [-0.15, -0.1) is 0 Å². The van der Waals surface area contributed by atoms with E-state index in [4.69, 9.17) is 0 Å². The fraction of sp³-hybridized carbons (Fsp3) is 0.400. The van der Waals surface area contributed by atoms with Crippen molar-refractivity contribution >= 4 is 28.3 Å². The molecule has 0 spiro atoms. The van der Waals surface area contributed by atoms with E-state index in [1.165, 1.54) is 12.1 Å². The number of hydrogen-bond donors (Lipinski definition) is 2. The minimum absolute atomic E-state index is 0.247. The van der Waals surface area contributed by atoms with Crippen molar-refractivity contribution in [3.8, 4) is 0 Å². The summed E-state index contributed by atoms with van der Waals surface area (Å²) in [6, 6.07) is 4.52. The van der Waals surface area contributed by atoms with Crippen molar-refractivity contribution in [3.05, 3.63) is 27.6 Å². The molecule has 0 saturated carbocycles. The van der Waals surface area contributed by atoms with Crippen LogP contribution in [0.15, 0.2) is 18.2 Å². The zero-order valence-electron chi connectivity index (χ0n) is 8.14. The summed E-state index contributed by atoms with van der Waals surface area (Å²) in [5, 5.41) is 12.5. The Kier molecular flexibility index (Phi) is 3.71. The number of halogens is 2. The maximum atomic E-state index is 12.7. The van der Waals surface area contributed by atoms with Crippen molar-refractivity contribution < 1.29 is 9.50 Å². The molecule has 0 aliphatic heterocycles. The van der Waals surface area contributed by atoms with Crippen LogP contribution in [0.4, 0.5) is 10.1 Å². The number of hydrogen-bond acceptors (Lipinski definition) is 2. The first-order valence-electron chi connectivity index (χ1n) is 4.30. The molecule has 0 saturated heterocycles. The molecular formula is C10H13FINO. The third-order valence-electron chi connectivity index (χ3n) is 1.64. The molecule has 0 aliphatic rings. The Morgan fingerprint density at radius 3 is 2.64 bits per heavy atom. The summed E-state index contributed by atoms with van der Waals surface area (Å²) in [6.45, 7) is 3.88. The van der Waals surface area contributed by atoms with E-state index in [2.05, 4.69) is 27.9 Å². The molecule has 0 heterocycles. The van der Waals surface area contributed by atoms with Crippen LogP contribution in [0.25, 0.3) is 0 Å². The first-order chi connectivity index (χ1) is 6.38. The molecule has 0 amide bonds. The second-order valence-corrected chi connectivity index (χ2v) is 4.95. The summed E-state index contributed by atoms with van der Waals surface area (Å²) >= 11 is 2.05. The highest BCUT2D eigenvalue weighted by Gasteiger charge is 2.12. The van der Waals surface area contributed by atoms with Crippen molar-refractivity contribution in [3.63, 3.8) is 0 Å². The Hall–Kier alpha value is -0.360. The first kappa shape index (κ1) is 11.7. The monoisotopic (exact) mass is 309 g/mol. The van der Waals surface area contributed by atoms with Crippen LogP contribution in [-0.2, 0) is 0 Å². The van der Waals surface area contributed by atoms with E-state index >= 15 is 0 Å². The average molecular weight is 309 g/mol. The second kappa shape index (κ2) is 4.44. The Bertz CT molecular complexity index is 322. The Balaban J connectivity index is 2.68. The number of rotatable bonds is 3. The van der Waals surface area contributed by atoms with Crippen LogP contribution in [-0.4, -0.2) is 17.3 Å². The normalized spacial score (nSPS) is 11.5. The van der Waals surface area contributed by atoms with Gasteiger partial charge < -0.3 is 10.4 Å². The molecule has 14 heavy (non-hydrogen) atoms. The first-order valence-corrected chi connectivity index (χ1v) is 5.38. The Morgan fingerprint density at radius 1 is 1.50 bits per heavy atom. The summed E-state index contributed by atoms with van der Waals surface area (Å²) < 4.78 is 13.6. The van der Waals surface area contributed by atoms with Gasteiger partial charge in [0.2, 0.25) is 0 Å². The number of aliphatic hydroxyl groups is 1. The van der Waals surface area contributed by atoms with Crippen LogP contribution in [0.3, 0.4) is 0 Å². The molecule has 0 bridgehead atoms. The predicted molar refractivity (Wildman–Crippen MR) is 63.9 cm³/mol. The summed E-state index contributed by atoms with van der Waals surface area (Å²) in [6.07, 6.45) is 0. The quantitative estimate of drug-likeness (QED) is 0.841. The fourth-order valence-electron chi connectivity index (χ4n) is 0.944. The lowest BCUT2D eigenvalue weighted by Gasteiger charge is -2.19. The van der Waals surface area contributed by atoms with E-state index in [0.29, 0.717) is 6.54 Å². The van der Waals surface area contributed by atoms with Crippen molar-refractivity contribution in [2.45, 2.75) is 19.4 Å². The van der Waals surface area contributed by atoms with Crippen molar-refractivity contribution in [1.29, 1.82) is 0 Å². The smallest absolute Gasteiger partial charge is 0.124 e. The highest BCUT2D eigenvalue weighted by molar-refractivity contribution is 14.1. The van der Waals surface area contributed by atoms with Crippen molar-refractivity contribution in [2.75, 3.05) is 11.9 Å². The SMILES string of the molecule is CC(C)(O)CNc1ccc(F)cc1I. The molecule has 4 heteroatoms. The maximum absolute atomic E-state index is 12.7. The number of benzene rings is 1. The van der Waals surface area contributed by atoms with E-state index in [9.17, 15) is 9.50 Å². The van der Waals surface area contributed by atoms with E-state index in [-0.39, 0.29) is 5.82 Å². The topological polar surface area (TPSA) is 32.3 Å². The molecule has 0 fully saturated rings. The third-order valence-corrected chi connectivity index (χ3v) is 2.54. The average Bonchev–Trinajstić information content (AvgIpc) is 2.00. The number of nitrogens with one attached hydrogen (secondary N) is 1. The molecule has 2 nitrogen and oxygen atoms in total. The minimum Gasteiger partial charge on any atom is -0.389 e. The van der Waals surface area contributed by atoms with Gasteiger partial charge in [-0.25, -0.2) is 4.39 Å². The summed E-state index contributed by atoms with van der Waals surface area (Å²) in [5.74, 6) is -0.247. The number of anilines is 1. The molecule has 0 aromatic heterocycles. The highest BCUT2D eigenvalue weighted by Crippen LogP contribution is 2.19. The van der Waals surface area contributed by atoms with Crippen LogP contribution in [0.5, 0.6) is 0 Å². The van der Waals surface area contributed by atoms with Gasteiger partial charge in [0, 0.05) is 15.8 Å². The van der Waals surface area contributed by atoms with E-state index in [1.54, 1.807) is 19.9 Å². The van der Waals surface area contributed by atoms with Gasteiger partial charge in [-0.3, -0.25) is 0 Å². The molecule has 2 N–H and O–H groups in total. The summed E-state index contributed by atoms with van der Waals surface area (Å²) in [7, 11) is 0. The van der Waals surface area contributed by atoms with E-state index in [0.717, 1.165) is 9.26 Å². The van der Waals surface area contributed by atoms with Crippen LogP contribution in [0, 0.1) is 9.39 Å². The second-order valence-electron chi connectivity index (χ2n) is 3.79. The molecule has 0 radical (unpaired) electrons. The zero-order valence-corrected chi connectivity index (χ0v) is 10.3. The Labute approximate surface area is 96.7 Å². The van der Waals surface area contributed by atoms with Gasteiger partial charge in [-0.05, 0) is 54.6 Å². The fourth-order valence-corrected chi connectivity index (χ4v) is 1.61. The molecule has 78 valence electrons. The predicted octanol–water partition coefficient (Wildman–Crippen LogP) is 2.61. The molecule has 0 aliphatic carbocycles. The molecule has 0 atom stereocenters.